The fourth-order valence-electron chi connectivity index (χ4n) is 1.45. The van der Waals surface area contributed by atoms with E-state index >= 15 is 0 Å². The van der Waals surface area contributed by atoms with Gasteiger partial charge in [0.05, 0.1) is 11.8 Å². The number of aliphatic hydroxyl groups is 1. The molecule has 0 aromatic carbocycles. The Bertz CT molecular complexity index is 419. The monoisotopic (exact) mass is 239 g/mol. The summed E-state index contributed by atoms with van der Waals surface area (Å²) in [6, 6.07) is 0. The van der Waals surface area contributed by atoms with Crippen LogP contribution >= 0.6 is 0 Å². The van der Waals surface area contributed by atoms with Gasteiger partial charge in [0.25, 0.3) is 11.5 Å². The Morgan fingerprint density at radius 1 is 1.65 bits per heavy atom. The van der Waals surface area contributed by atoms with E-state index in [0.717, 1.165) is 12.6 Å². The van der Waals surface area contributed by atoms with Gasteiger partial charge in [-0.15, -0.1) is 0 Å². The number of nitrogens with one attached hydrogen (secondary N) is 2. The maximum Gasteiger partial charge on any atom is 0.271 e. The molecule has 1 amide bonds. The quantitative estimate of drug-likeness (QED) is 0.676. The highest BCUT2D eigenvalue weighted by atomic mass is 16.3. The third-order valence-electron chi connectivity index (χ3n) is 2.32. The molecule has 1 aromatic heterocycles. The number of hydrogen-bond donors (Lipinski definition) is 3. The van der Waals surface area contributed by atoms with Gasteiger partial charge in [-0.2, -0.15) is 0 Å². The van der Waals surface area contributed by atoms with Crippen LogP contribution in [-0.2, 0) is 0 Å². The molecule has 0 radical (unpaired) electrons. The first-order valence-corrected chi connectivity index (χ1v) is 5.50. The second-order valence-corrected chi connectivity index (χ2v) is 4.23. The van der Waals surface area contributed by atoms with Gasteiger partial charge in [-0.05, 0) is 13.3 Å². The van der Waals surface area contributed by atoms with Gasteiger partial charge in [0.1, 0.15) is 5.69 Å². The summed E-state index contributed by atoms with van der Waals surface area (Å²) in [5, 5.41) is 12.4. The number of nitrogens with zero attached hydrogens (tertiary/aromatic N) is 1. The fourth-order valence-corrected chi connectivity index (χ4v) is 1.45. The van der Waals surface area contributed by atoms with Crippen LogP contribution in [0.15, 0.2) is 17.2 Å². The molecular formula is C11H17N3O3. The number of rotatable bonds is 5. The van der Waals surface area contributed by atoms with Gasteiger partial charge in [-0.1, -0.05) is 13.3 Å². The lowest BCUT2D eigenvalue weighted by Crippen LogP contribution is -2.40. The summed E-state index contributed by atoms with van der Waals surface area (Å²) in [5.74, 6) is -0.419. The number of carbonyl (C=O) groups excluding carboxylic acids is 1. The van der Waals surface area contributed by atoms with Crippen LogP contribution in [0.3, 0.4) is 0 Å². The summed E-state index contributed by atoms with van der Waals surface area (Å²) in [6.07, 6.45) is 3.72. The average molecular weight is 239 g/mol. The minimum absolute atomic E-state index is 0.122. The van der Waals surface area contributed by atoms with Crippen molar-refractivity contribution in [3.8, 4) is 0 Å². The first-order valence-electron chi connectivity index (χ1n) is 5.50. The maximum atomic E-state index is 11.6. The number of amides is 1. The van der Waals surface area contributed by atoms with Crippen molar-refractivity contribution in [2.45, 2.75) is 32.3 Å². The molecule has 0 fully saturated rings. The molecule has 3 N–H and O–H groups in total. The number of H-pyrrole nitrogens is 1. The van der Waals surface area contributed by atoms with Gasteiger partial charge in [-0.3, -0.25) is 9.59 Å². The number of hydrogen-bond acceptors (Lipinski definition) is 4. The van der Waals surface area contributed by atoms with Crippen molar-refractivity contribution >= 4 is 5.91 Å². The molecule has 6 nitrogen and oxygen atoms in total. The fraction of sp³-hybridized carbons (Fsp3) is 0.545. The van der Waals surface area contributed by atoms with E-state index in [1.165, 1.54) is 6.20 Å². The van der Waals surface area contributed by atoms with Crippen molar-refractivity contribution in [3.05, 3.63) is 28.4 Å². The van der Waals surface area contributed by atoms with Crippen LogP contribution in [0.25, 0.3) is 0 Å². The number of aromatic nitrogens is 2. The molecule has 0 spiro atoms. The molecule has 6 heteroatoms. The van der Waals surface area contributed by atoms with Crippen LogP contribution in [-0.4, -0.2) is 33.1 Å². The van der Waals surface area contributed by atoms with E-state index in [2.05, 4.69) is 15.3 Å². The van der Waals surface area contributed by atoms with Crippen LogP contribution in [0, 0.1) is 0 Å². The van der Waals surface area contributed by atoms with E-state index in [-0.39, 0.29) is 17.8 Å². The molecule has 0 aliphatic rings. The zero-order valence-corrected chi connectivity index (χ0v) is 9.99. The summed E-state index contributed by atoms with van der Waals surface area (Å²) >= 11 is 0. The van der Waals surface area contributed by atoms with E-state index in [4.69, 9.17) is 0 Å². The Balaban J connectivity index is 2.55. The van der Waals surface area contributed by atoms with Crippen molar-refractivity contribution in [1.82, 2.24) is 15.3 Å². The van der Waals surface area contributed by atoms with Crippen LogP contribution in [0.5, 0.6) is 0 Å². The van der Waals surface area contributed by atoms with Crippen molar-refractivity contribution in [2.24, 2.45) is 0 Å². The maximum absolute atomic E-state index is 11.6. The van der Waals surface area contributed by atoms with Crippen LogP contribution in [0.4, 0.5) is 0 Å². The van der Waals surface area contributed by atoms with Gasteiger partial charge in [0, 0.05) is 12.7 Å². The molecule has 1 unspecified atom stereocenters. The Kier molecular flexibility index (Phi) is 4.39. The van der Waals surface area contributed by atoms with E-state index < -0.39 is 11.5 Å². The largest absolute Gasteiger partial charge is 0.388 e. The molecule has 1 aromatic rings. The van der Waals surface area contributed by atoms with Crippen molar-refractivity contribution in [3.63, 3.8) is 0 Å². The van der Waals surface area contributed by atoms with Gasteiger partial charge in [0.2, 0.25) is 0 Å². The smallest absolute Gasteiger partial charge is 0.271 e. The van der Waals surface area contributed by atoms with Crippen molar-refractivity contribution in [1.29, 1.82) is 0 Å². The van der Waals surface area contributed by atoms with Crippen LogP contribution < -0.4 is 10.9 Å². The topological polar surface area (TPSA) is 95.1 Å². The standard InChI is InChI=1S/C11H17N3O3/c1-3-4-11(2,17)7-14-10(16)8-5-13-9(15)6-12-8/h5-6,17H,3-4,7H2,1-2H3,(H,13,15)(H,14,16). The van der Waals surface area contributed by atoms with Gasteiger partial charge >= 0.3 is 0 Å². The second-order valence-electron chi connectivity index (χ2n) is 4.23. The highest BCUT2D eigenvalue weighted by molar-refractivity contribution is 5.91. The van der Waals surface area contributed by atoms with E-state index in [1.54, 1.807) is 6.92 Å². The molecule has 0 bridgehead atoms. The normalized spacial score (nSPS) is 14.1. The lowest BCUT2D eigenvalue weighted by molar-refractivity contribution is 0.0468. The Labute approximate surface area is 99.1 Å². The van der Waals surface area contributed by atoms with E-state index in [0.29, 0.717) is 6.42 Å². The number of carbonyl (C=O) groups is 1. The van der Waals surface area contributed by atoms with Crippen LogP contribution in [0.1, 0.15) is 37.2 Å². The minimum atomic E-state index is -0.924. The highest BCUT2D eigenvalue weighted by Gasteiger charge is 2.20. The summed E-state index contributed by atoms with van der Waals surface area (Å²) in [5.41, 5.74) is -1.16. The van der Waals surface area contributed by atoms with Crippen LogP contribution in [0.2, 0.25) is 0 Å². The summed E-state index contributed by atoms with van der Waals surface area (Å²) in [4.78, 5) is 28.4. The zero-order valence-electron chi connectivity index (χ0n) is 9.99. The average Bonchev–Trinajstić information content (AvgIpc) is 2.27. The SMILES string of the molecule is CCCC(C)(O)CNC(=O)c1c[nH]c(=O)cn1. The molecule has 94 valence electrons. The molecule has 0 aliphatic carbocycles. The molecule has 0 aliphatic heterocycles. The molecule has 0 saturated carbocycles. The lowest BCUT2D eigenvalue weighted by atomic mass is 10.0. The predicted molar refractivity (Wildman–Crippen MR) is 62.7 cm³/mol. The van der Waals surface area contributed by atoms with E-state index in [1.807, 2.05) is 6.92 Å². The lowest BCUT2D eigenvalue weighted by Gasteiger charge is -2.22. The first kappa shape index (κ1) is 13.4. The highest BCUT2D eigenvalue weighted by Crippen LogP contribution is 2.10. The van der Waals surface area contributed by atoms with Gasteiger partial charge in [-0.25, -0.2) is 4.98 Å². The zero-order chi connectivity index (χ0) is 12.9. The molecule has 17 heavy (non-hydrogen) atoms. The third-order valence-corrected chi connectivity index (χ3v) is 2.32. The Morgan fingerprint density at radius 2 is 2.35 bits per heavy atom. The van der Waals surface area contributed by atoms with Crippen molar-refractivity contribution < 1.29 is 9.90 Å². The van der Waals surface area contributed by atoms with E-state index in [9.17, 15) is 14.7 Å². The second kappa shape index (κ2) is 5.58. The number of aromatic amines is 1. The Hall–Kier alpha value is -1.69. The molecule has 1 rings (SSSR count). The Morgan fingerprint density at radius 3 is 2.88 bits per heavy atom. The third kappa shape index (κ3) is 4.36. The summed E-state index contributed by atoms with van der Waals surface area (Å²) in [6.45, 7) is 3.78. The summed E-state index contributed by atoms with van der Waals surface area (Å²) in [7, 11) is 0. The molecule has 0 saturated heterocycles. The molecule has 1 atom stereocenters. The first-order chi connectivity index (χ1) is 7.94. The predicted octanol–water partition coefficient (Wildman–Crippen LogP) is 0.0508. The molecule has 1 heterocycles. The van der Waals surface area contributed by atoms with Crippen molar-refractivity contribution in [2.75, 3.05) is 6.54 Å². The van der Waals surface area contributed by atoms with Gasteiger partial charge < -0.3 is 15.4 Å². The summed E-state index contributed by atoms with van der Waals surface area (Å²) < 4.78 is 0. The minimum Gasteiger partial charge on any atom is -0.388 e. The van der Waals surface area contributed by atoms with Gasteiger partial charge in [0.15, 0.2) is 0 Å². The molecular weight excluding hydrogens is 222 g/mol.